The molecular formula is C15H28O5. The summed E-state index contributed by atoms with van der Waals surface area (Å²) in [6, 6.07) is 0. The van der Waals surface area contributed by atoms with Crippen molar-refractivity contribution < 1.29 is 24.2 Å². The summed E-state index contributed by atoms with van der Waals surface area (Å²) in [6.07, 6.45) is -0.649. The van der Waals surface area contributed by atoms with Crippen LogP contribution in [-0.2, 0) is 19.1 Å². The molecule has 0 heterocycles. The monoisotopic (exact) mass is 288 g/mol. The minimum atomic E-state index is -1.14. The SMILES string of the molecule is CC(C)OC(=O)C(CC(C)(O)C(C)C)C(=O)OC(C)C. The molecule has 5 nitrogen and oxygen atoms in total. The Hall–Kier alpha value is -1.10. The fourth-order valence-electron chi connectivity index (χ4n) is 1.54. The highest BCUT2D eigenvalue weighted by Crippen LogP contribution is 2.27. The van der Waals surface area contributed by atoms with Crippen LogP contribution in [0.3, 0.4) is 0 Å². The standard InChI is InChI=1S/C15H28O5/c1-9(2)15(7,18)8-12(13(16)19-10(3)4)14(17)20-11(5)6/h9-12,18H,8H2,1-7H3. The first-order valence-corrected chi connectivity index (χ1v) is 7.10. The van der Waals surface area contributed by atoms with Gasteiger partial charge in [-0.25, -0.2) is 0 Å². The van der Waals surface area contributed by atoms with Gasteiger partial charge in [0.25, 0.3) is 0 Å². The van der Waals surface area contributed by atoms with Crippen LogP contribution in [0.5, 0.6) is 0 Å². The molecule has 0 radical (unpaired) electrons. The first-order chi connectivity index (χ1) is 8.97. The molecule has 20 heavy (non-hydrogen) atoms. The third-order valence-electron chi connectivity index (χ3n) is 3.13. The molecule has 0 aromatic heterocycles. The van der Waals surface area contributed by atoms with Crippen molar-refractivity contribution in [2.45, 2.75) is 72.7 Å². The van der Waals surface area contributed by atoms with Gasteiger partial charge in [-0.15, -0.1) is 0 Å². The zero-order valence-corrected chi connectivity index (χ0v) is 13.6. The molecular weight excluding hydrogens is 260 g/mol. The van der Waals surface area contributed by atoms with Crippen LogP contribution in [0.2, 0.25) is 0 Å². The lowest BCUT2D eigenvalue weighted by Gasteiger charge is -2.30. The minimum Gasteiger partial charge on any atom is -0.462 e. The summed E-state index contributed by atoms with van der Waals surface area (Å²) >= 11 is 0. The van der Waals surface area contributed by atoms with E-state index in [4.69, 9.17) is 9.47 Å². The van der Waals surface area contributed by atoms with E-state index >= 15 is 0 Å². The van der Waals surface area contributed by atoms with E-state index in [1.54, 1.807) is 34.6 Å². The molecule has 0 saturated heterocycles. The number of carbonyl (C=O) groups excluding carboxylic acids is 2. The molecule has 118 valence electrons. The Morgan fingerprint density at radius 2 is 1.30 bits per heavy atom. The largest absolute Gasteiger partial charge is 0.462 e. The van der Waals surface area contributed by atoms with Crippen molar-refractivity contribution in [3.63, 3.8) is 0 Å². The van der Waals surface area contributed by atoms with Crippen LogP contribution < -0.4 is 0 Å². The van der Waals surface area contributed by atoms with E-state index in [0.717, 1.165) is 0 Å². The van der Waals surface area contributed by atoms with Crippen LogP contribution in [-0.4, -0.2) is 34.9 Å². The number of esters is 2. The third kappa shape index (κ3) is 6.37. The van der Waals surface area contributed by atoms with E-state index in [1.807, 2.05) is 13.8 Å². The fraction of sp³-hybridized carbons (Fsp3) is 0.867. The van der Waals surface area contributed by atoms with Crippen molar-refractivity contribution in [1.82, 2.24) is 0 Å². The van der Waals surface area contributed by atoms with Crippen LogP contribution in [0.25, 0.3) is 0 Å². The normalized spacial score (nSPS) is 14.8. The topological polar surface area (TPSA) is 72.8 Å². The quantitative estimate of drug-likeness (QED) is 0.575. The first-order valence-electron chi connectivity index (χ1n) is 7.10. The number of hydrogen-bond donors (Lipinski definition) is 1. The molecule has 0 bridgehead atoms. The van der Waals surface area contributed by atoms with Gasteiger partial charge < -0.3 is 14.6 Å². The highest BCUT2D eigenvalue weighted by atomic mass is 16.6. The Morgan fingerprint density at radius 1 is 0.950 bits per heavy atom. The van der Waals surface area contributed by atoms with E-state index in [0.29, 0.717) is 0 Å². The summed E-state index contributed by atoms with van der Waals surface area (Å²) in [4.78, 5) is 24.1. The van der Waals surface area contributed by atoms with Gasteiger partial charge in [0, 0.05) is 6.42 Å². The van der Waals surface area contributed by atoms with Gasteiger partial charge in [0.2, 0.25) is 0 Å². The molecule has 0 rings (SSSR count). The average Bonchev–Trinajstić information content (AvgIpc) is 2.23. The van der Waals surface area contributed by atoms with Crippen molar-refractivity contribution in [3.8, 4) is 0 Å². The lowest BCUT2D eigenvalue weighted by atomic mass is 9.83. The summed E-state index contributed by atoms with van der Waals surface area (Å²) in [5, 5.41) is 10.3. The Balaban J connectivity index is 5.06. The van der Waals surface area contributed by atoms with Gasteiger partial charge in [-0.2, -0.15) is 0 Å². The minimum absolute atomic E-state index is 0.0121. The molecule has 0 aromatic rings. The summed E-state index contributed by atoms with van der Waals surface area (Å²) < 4.78 is 10.2. The van der Waals surface area contributed by atoms with Gasteiger partial charge in [0.05, 0.1) is 17.8 Å². The molecule has 1 N–H and O–H groups in total. The maximum absolute atomic E-state index is 12.0. The van der Waals surface area contributed by atoms with Gasteiger partial charge in [0.1, 0.15) is 0 Å². The van der Waals surface area contributed by atoms with E-state index in [-0.39, 0.29) is 24.5 Å². The average molecular weight is 288 g/mol. The smallest absolute Gasteiger partial charge is 0.320 e. The molecule has 0 amide bonds. The van der Waals surface area contributed by atoms with Gasteiger partial charge in [-0.3, -0.25) is 9.59 Å². The maximum atomic E-state index is 12.0. The highest BCUT2D eigenvalue weighted by Gasteiger charge is 2.39. The predicted octanol–water partition coefficient (Wildman–Crippen LogP) is 2.30. The lowest BCUT2D eigenvalue weighted by Crippen LogP contribution is -2.41. The van der Waals surface area contributed by atoms with Gasteiger partial charge in [-0.1, -0.05) is 13.8 Å². The summed E-state index contributed by atoms with van der Waals surface area (Å²) in [7, 11) is 0. The Kier molecular flexibility index (Phi) is 7.20. The van der Waals surface area contributed by atoms with E-state index in [9.17, 15) is 14.7 Å². The van der Waals surface area contributed by atoms with E-state index in [2.05, 4.69) is 0 Å². The van der Waals surface area contributed by atoms with Crippen LogP contribution in [0, 0.1) is 11.8 Å². The fourth-order valence-corrected chi connectivity index (χ4v) is 1.54. The number of ether oxygens (including phenoxy) is 2. The zero-order chi connectivity index (χ0) is 16.1. The van der Waals surface area contributed by atoms with E-state index < -0.39 is 23.5 Å². The summed E-state index contributed by atoms with van der Waals surface area (Å²) in [6.45, 7) is 12.1. The van der Waals surface area contributed by atoms with Crippen LogP contribution in [0.4, 0.5) is 0 Å². The molecule has 0 aromatic carbocycles. The molecule has 1 atom stereocenters. The third-order valence-corrected chi connectivity index (χ3v) is 3.13. The second-order valence-electron chi connectivity index (χ2n) is 6.24. The zero-order valence-electron chi connectivity index (χ0n) is 13.6. The van der Waals surface area contributed by atoms with Crippen LogP contribution >= 0.6 is 0 Å². The molecule has 0 aliphatic heterocycles. The van der Waals surface area contributed by atoms with Crippen molar-refractivity contribution in [2.24, 2.45) is 11.8 Å². The number of hydrogen-bond acceptors (Lipinski definition) is 5. The Morgan fingerprint density at radius 3 is 1.55 bits per heavy atom. The maximum Gasteiger partial charge on any atom is 0.320 e. The lowest BCUT2D eigenvalue weighted by molar-refractivity contribution is -0.170. The molecule has 0 aliphatic carbocycles. The second kappa shape index (κ2) is 7.62. The first kappa shape index (κ1) is 18.9. The molecule has 5 heteroatoms. The molecule has 0 aliphatic rings. The van der Waals surface area contributed by atoms with Gasteiger partial charge in [-0.05, 0) is 40.5 Å². The number of aliphatic hydroxyl groups is 1. The molecule has 1 unspecified atom stereocenters. The van der Waals surface area contributed by atoms with Gasteiger partial charge >= 0.3 is 11.9 Å². The van der Waals surface area contributed by atoms with Crippen molar-refractivity contribution in [2.75, 3.05) is 0 Å². The molecule has 0 spiro atoms. The number of carbonyl (C=O) groups is 2. The molecule has 0 fully saturated rings. The molecule has 0 saturated carbocycles. The Bertz CT molecular complexity index is 309. The summed E-state index contributed by atoms with van der Waals surface area (Å²) in [5.41, 5.74) is -1.14. The summed E-state index contributed by atoms with van der Waals surface area (Å²) in [5.74, 6) is -2.49. The Labute approximate surface area is 121 Å². The highest BCUT2D eigenvalue weighted by molar-refractivity contribution is 5.95. The second-order valence-corrected chi connectivity index (χ2v) is 6.24. The van der Waals surface area contributed by atoms with Crippen LogP contribution in [0.1, 0.15) is 54.9 Å². The van der Waals surface area contributed by atoms with E-state index in [1.165, 1.54) is 0 Å². The van der Waals surface area contributed by atoms with Gasteiger partial charge in [0.15, 0.2) is 5.92 Å². The predicted molar refractivity (Wildman–Crippen MR) is 76.0 cm³/mol. The van der Waals surface area contributed by atoms with Crippen LogP contribution in [0.15, 0.2) is 0 Å². The number of rotatable bonds is 7. The van der Waals surface area contributed by atoms with Crippen molar-refractivity contribution >= 4 is 11.9 Å². The van der Waals surface area contributed by atoms with Crippen molar-refractivity contribution in [3.05, 3.63) is 0 Å². The van der Waals surface area contributed by atoms with Crippen molar-refractivity contribution in [1.29, 1.82) is 0 Å².